The number of benzene rings is 2. The largest absolute Gasteiger partial charge is 0.489 e. The Morgan fingerprint density at radius 3 is 2.84 bits per heavy atom. The van der Waals surface area contributed by atoms with Crippen LogP contribution in [0.3, 0.4) is 0 Å². The molecule has 1 aromatic heterocycles. The van der Waals surface area contributed by atoms with Gasteiger partial charge in [0, 0.05) is 30.7 Å². The Kier molecular flexibility index (Phi) is 6.46. The summed E-state index contributed by atoms with van der Waals surface area (Å²) >= 11 is 1.40. The van der Waals surface area contributed by atoms with Crippen LogP contribution in [0.5, 0.6) is 5.75 Å². The van der Waals surface area contributed by atoms with Gasteiger partial charge < -0.3 is 14.6 Å². The van der Waals surface area contributed by atoms with Gasteiger partial charge >= 0.3 is 0 Å². The number of para-hydroxylation sites is 1. The minimum Gasteiger partial charge on any atom is -0.489 e. The molecule has 2 aromatic carbocycles. The summed E-state index contributed by atoms with van der Waals surface area (Å²) < 4.78 is 7.92. The number of carbonyl (C=O) groups is 1. The van der Waals surface area contributed by atoms with E-state index in [1.54, 1.807) is 17.7 Å². The van der Waals surface area contributed by atoms with Crippen molar-refractivity contribution in [1.82, 2.24) is 9.55 Å². The number of ether oxygens (including phenoxy) is 1. The fourth-order valence-electron chi connectivity index (χ4n) is 3.93. The SMILES string of the molecule is C=CCSc1nc(=O)c2c(n1C)NC(=O)C[C@H]2c1ccccc1OCc1cccc(C)c1. The summed E-state index contributed by atoms with van der Waals surface area (Å²) in [6.45, 7) is 6.15. The highest BCUT2D eigenvalue weighted by atomic mass is 32.2. The summed E-state index contributed by atoms with van der Waals surface area (Å²) in [6, 6.07) is 15.7. The molecule has 1 N–H and O–H groups in total. The van der Waals surface area contributed by atoms with Gasteiger partial charge in [-0.1, -0.05) is 65.9 Å². The number of carbonyl (C=O) groups excluding carboxylic acids is 1. The summed E-state index contributed by atoms with van der Waals surface area (Å²) in [5.41, 5.74) is 3.19. The van der Waals surface area contributed by atoms with Crippen LogP contribution in [0.2, 0.25) is 0 Å². The standard InChI is InChI=1S/C25H25N3O3S/c1-4-12-32-25-27-24(30)22-19(14-21(29)26-23(22)28(25)3)18-10-5-6-11-20(18)31-15-17-9-7-8-16(2)13-17/h4-11,13,19H,1,12,14-15H2,2-3H3,(H,26,29)/t19-/m0/s1. The van der Waals surface area contributed by atoms with E-state index in [4.69, 9.17) is 4.74 Å². The maximum atomic E-state index is 13.1. The number of nitrogens with one attached hydrogen (secondary N) is 1. The van der Waals surface area contributed by atoms with Gasteiger partial charge in [-0.2, -0.15) is 4.98 Å². The van der Waals surface area contributed by atoms with Crippen LogP contribution in [0.4, 0.5) is 5.82 Å². The lowest BCUT2D eigenvalue weighted by atomic mass is 9.86. The second-order valence-electron chi connectivity index (χ2n) is 7.74. The molecule has 0 saturated carbocycles. The van der Waals surface area contributed by atoms with E-state index in [-0.39, 0.29) is 17.9 Å². The molecule has 0 bridgehead atoms. The van der Waals surface area contributed by atoms with Gasteiger partial charge in [-0.05, 0) is 18.6 Å². The summed E-state index contributed by atoms with van der Waals surface area (Å²) in [4.78, 5) is 30.0. The Labute approximate surface area is 191 Å². The molecular formula is C25H25N3O3S. The number of rotatable bonds is 7. The lowest BCUT2D eigenvalue weighted by Crippen LogP contribution is -2.33. The number of hydrogen-bond acceptors (Lipinski definition) is 5. The van der Waals surface area contributed by atoms with E-state index in [1.807, 2.05) is 49.4 Å². The van der Waals surface area contributed by atoms with Gasteiger partial charge in [0.15, 0.2) is 5.16 Å². The lowest BCUT2D eigenvalue weighted by molar-refractivity contribution is -0.116. The third-order valence-corrected chi connectivity index (χ3v) is 6.43. The van der Waals surface area contributed by atoms with Crippen molar-refractivity contribution in [1.29, 1.82) is 0 Å². The van der Waals surface area contributed by atoms with Gasteiger partial charge in [-0.3, -0.25) is 9.59 Å². The molecule has 1 aliphatic rings. The number of thioether (sulfide) groups is 1. The third-order valence-electron chi connectivity index (χ3n) is 5.40. The molecule has 1 atom stereocenters. The fourth-order valence-corrected chi connectivity index (χ4v) is 4.63. The van der Waals surface area contributed by atoms with Gasteiger partial charge in [0.25, 0.3) is 5.56 Å². The van der Waals surface area contributed by atoms with Gasteiger partial charge in [-0.25, -0.2) is 0 Å². The number of fused-ring (bicyclic) bond motifs is 1. The maximum absolute atomic E-state index is 13.1. The zero-order valence-electron chi connectivity index (χ0n) is 18.1. The topological polar surface area (TPSA) is 73.2 Å². The van der Waals surface area contributed by atoms with Crippen molar-refractivity contribution in [2.24, 2.45) is 7.05 Å². The first-order chi connectivity index (χ1) is 15.5. The number of aryl methyl sites for hydroxylation is 1. The molecule has 2 heterocycles. The number of anilines is 1. The normalized spacial score (nSPS) is 15.1. The van der Waals surface area contributed by atoms with Crippen LogP contribution >= 0.6 is 11.8 Å². The predicted octanol–water partition coefficient (Wildman–Crippen LogP) is 4.42. The van der Waals surface area contributed by atoms with Crippen molar-refractivity contribution in [2.45, 2.75) is 31.0 Å². The van der Waals surface area contributed by atoms with E-state index in [0.717, 1.165) is 16.7 Å². The molecule has 0 aliphatic carbocycles. The molecule has 4 rings (SSSR count). The van der Waals surface area contributed by atoms with Gasteiger partial charge in [-0.15, -0.1) is 6.58 Å². The summed E-state index contributed by atoms with van der Waals surface area (Å²) in [5.74, 6) is 1.19. The predicted molar refractivity (Wildman–Crippen MR) is 127 cm³/mol. The van der Waals surface area contributed by atoms with Crippen LogP contribution in [-0.4, -0.2) is 21.2 Å². The summed E-state index contributed by atoms with van der Waals surface area (Å²) in [6.07, 6.45) is 1.91. The molecule has 0 fully saturated rings. The average Bonchev–Trinajstić information content (AvgIpc) is 2.79. The van der Waals surface area contributed by atoms with Gasteiger partial charge in [0.05, 0.1) is 5.56 Å². The molecule has 32 heavy (non-hydrogen) atoms. The molecule has 0 spiro atoms. The molecule has 6 nitrogen and oxygen atoms in total. The van der Waals surface area contributed by atoms with Gasteiger partial charge in [0.2, 0.25) is 5.91 Å². The molecule has 0 unspecified atom stereocenters. The Morgan fingerprint density at radius 2 is 2.06 bits per heavy atom. The number of nitrogens with zero attached hydrogens (tertiary/aromatic N) is 2. The van der Waals surface area contributed by atoms with E-state index < -0.39 is 5.92 Å². The smallest absolute Gasteiger partial charge is 0.279 e. The molecule has 1 amide bonds. The highest BCUT2D eigenvalue weighted by Crippen LogP contribution is 2.39. The second-order valence-corrected chi connectivity index (χ2v) is 8.73. The van der Waals surface area contributed by atoms with Crippen LogP contribution in [0, 0.1) is 6.92 Å². The van der Waals surface area contributed by atoms with Crippen LogP contribution in [0.1, 0.15) is 34.6 Å². The fraction of sp³-hybridized carbons (Fsp3) is 0.240. The molecule has 1 aliphatic heterocycles. The zero-order chi connectivity index (χ0) is 22.7. The minimum absolute atomic E-state index is 0.142. The quantitative estimate of drug-likeness (QED) is 0.330. The van der Waals surface area contributed by atoms with Crippen LogP contribution in [0.25, 0.3) is 0 Å². The van der Waals surface area contributed by atoms with E-state index in [1.165, 1.54) is 11.8 Å². The Hall–Kier alpha value is -3.32. The average molecular weight is 448 g/mol. The number of amides is 1. The van der Waals surface area contributed by atoms with Crippen LogP contribution in [-0.2, 0) is 18.4 Å². The second kappa shape index (κ2) is 9.44. The van der Waals surface area contributed by atoms with Crippen LogP contribution < -0.4 is 15.6 Å². The monoisotopic (exact) mass is 447 g/mol. The van der Waals surface area contributed by atoms with E-state index in [9.17, 15) is 9.59 Å². The van der Waals surface area contributed by atoms with E-state index >= 15 is 0 Å². The first-order valence-electron chi connectivity index (χ1n) is 10.4. The van der Waals surface area contributed by atoms with E-state index in [2.05, 4.69) is 22.9 Å². The first kappa shape index (κ1) is 21.9. The van der Waals surface area contributed by atoms with Crippen molar-refractivity contribution in [3.05, 3.63) is 93.8 Å². The van der Waals surface area contributed by atoms with Crippen molar-refractivity contribution in [3.8, 4) is 5.75 Å². The number of hydrogen-bond donors (Lipinski definition) is 1. The third kappa shape index (κ3) is 4.48. The highest BCUT2D eigenvalue weighted by Gasteiger charge is 2.33. The van der Waals surface area contributed by atoms with Crippen molar-refractivity contribution in [3.63, 3.8) is 0 Å². The minimum atomic E-state index is -0.433. The molecular weight excluding hydrogens is 422 g/mol. The molecule has 7 heteroatoms. The van der Waals surface area contributed by atoms with Crippen molar-refractivity contribution in [2.75, 3.05) is 11.1 Å². The molecule has 0 radical (unpaired) electrons. The van der Waals surface area contributed by atoms with Gasteiger partial charge in [0.1, 0.15) is 18.2 Å². The molecule has 3 aromatic rings. The maximum Gasteiger partial charge on any atom is 0.279 e. The van der Waals surface area contributed by atoms with Crippen LogP contribution in [0.15, 0.2) is 71.1 Å². The Bertz CT molecular complexity index is 1240. The Balaban J connectivity index is 1.73. The number of aromatic nitrogens is 2. The summed E-state index contributed by atoms with van der Waals surface area (Å²) in [5, 5.41) is 3.41. The summed E-state index contributed by atoms with van der Waals surface area (Å²) in [7, 11) is 1.81. The molecule has 164 valence electrons. The first-order valence-corrected chi connectivity index (χ1v) is 11.4. The zero-order valence-corrected chi connectivity index (χ0v) is 18.9. The lowest BCUT2D eigenvalue weighted by Gasteiger charge is -2.28. The van der Waals surface area contributed by atoms with E-state index in [0.29, 0.717) is 34.6 Å². The van der Waals surface area contributed by atoms with Crippen molar-refractivity contribution >= 4 is 23.5 Å². The molecule has 0 saturated heterocycles. The van der Waals surface area contributed by atoms with Crippen molar-refractivity contribution < 1.29 is 9.53 Å². The highest BCUT2D eigenvalue weighted by molar-refractivity contribution is 7.99. The Morgan fingerprint density at radius 1 is 1.25 bits per heavy atom.